The summed E-state index contributed by atoms with van der Waals surface area (Å²) in [4.78, 5) is 31.5. The van der Waals surface area contributed by atoms with E-state index < -0.39 is 0 Å². The van der Waals surface area contributed by atoms with E-state index in [1.165, 1.54) is 34.5 Å². The molecule has 3 aromatic rings. The molecule has 0 bridgehead atoms. The molecule has 0 saturated carbocycles. The average Bonchev–Trinajstić information content (AvgIpc) is 3.50. The average molecular weight is 580 g/mol. The Balaban J connectivity index is 1.34. The van der Waals surface area contributed by atoms with Gasteiger partial charge in [-0.1, -0.05) is 43.8 Å². The summed E-state index contributed by atoms with van der Waals surface area (Å²) in [5.41, 5.74) is 4.60. The number of benzene rings is 2. The molecule has 0 aliphatic carbocycles. The van der Waals surface area contributed by atoms with E-state index in [0.29, 0.717) is 44.8 Å². The third kappa shape index (κ3) is 5.76. The van der Waals surface area contributed by atoms with Crippen LogP contribution in [0.3, 0.4) is 0 Å². The minimum absolute atomic E-state index is 0.133. The third-order valence-corrected chi connectivity index (χ3v) is 9.33. The Morgan fingerprint density at radius 2 is 1.95 bits per heavy atom. The number of amides is 1. The van der Waals surface area contributed by atoms with Crippen LogP contribution < -0.4 is 14.5 Å². The molecule has 3 aliphatic heterocycles. The van der Waals surface area contributed by atoms with E-state index >= 15 is 0 Å². The van der Waals surface area contributed by atoms with E-state index in [1.54, 1.807) is 4.90 Å². The molecule has 0 spiro atoms. The minimum Gasteiger partial charge on any atom is -0.462 e. The molecule has 0 radical (unpaired) electrons. The van der Waals surface area contributed by atoms with Crippen molar-refractivity contribution in [3.05, 3.63) is 65.9 Å². The van der Waals surface area contributed by atoms with E-state index in [0.717, 1.165) is 49.6 Å². The van der Waals surface area contributed by atoms with Crippen molar-refractivity contribution in [1.29, 1.82) is 5.26 Å². The number of rotatable bonds is 8. The summed E-state index contributed by atoms with van der Waals surface area (Å²) in [5, 5.41) is 12.1. The molecule has 2 saturated heterocycles. The van der Waals surface area contributed by atoms with E-state index in [4.69, 9.17) is 14.7 Å². The van der Waals surface area contributed by atoms with E-state index in [9.17, 15) is 10.1 Å². The molecule has 6 rings (SSSR count). The van der Waals surface area contributed by atoms with Crippen LogP contribution in [0.5, 0.6) is 6.01 Å². The van der Waals surface area contributed by atoms with Crippen molar-refractivity contribution in [2.24, 2.45) is 0 Å². The molecular formula is C34H41N7O2. The second-order valence-electron chi connectivity index (χ2n) is 11.8. The zero-order valence-corrected chi connectivity index (χ0v) is 25.3. The largest absolute Gasteiger partial charge is 0.462 e. The maximum atomic E-state index is 12.6. The number of ether oxygens (including phenoxy) is 1. The molecule has 2 atom stereocenters. The summed E-state index contributed by atoms with van der Waals surface area (Å²) in [6.07, 6.45) is 4.70. The number of carbonyl (C=O) groups excluding carboxylic acids is 1. The number of aromatic nitrogens is 2. The fourth-order valence-corrected chi connectivity index (χ4v) is 7.10. The molecule has 0 N–H and O–H groups in total. The summed E-state index contributed by atoms with van der Waals surface area (Å²) >= 11 is 0. The monoisotopic (exact) mass is 579 g/mol. The van der Waals surface area contributed by atoms with Gasteiger partial charge in [0.25, 0.3) is 0 Å². The van der Waals surface area contributed by atoms with Gasteiger partial charge in [-0.05, 0) is 62.4 Å². The van der Waals surface area contributed by atoms with Gasteiger partial charge in [0.15, 0.2) is 0 Å². The summed E-state index contributed by atoms with van der Waals surface area (Å²) in [6, 6.07) is 15.8. The third-order valence-electron chi connectivity index (χ3n) is 9.33. The number of nitriles is 1. The Bertz CT molecular complexity index is 1540. The standard InChI is InChI=1S/C34H41N7O2/c1-4-31(42)41-20-19-40(21-26(41)14-16-35)33-28-15-18-39(30-13-7-11-25-10-6-9-24(3)32(25)30)22-29(28)36-34(37-33)43-23-27-12-8-17-38(27)5-2/h4,6-7,9-11,13,26-27H,1,5,8,12,14-15,17-23H2,2-3H3/t26-,27-/m0/s1. The van der Waals surface area contributed by atoms with Crippen molar-refractivity contribution in [2.45, 2.75) is 58.2 Å². The summed E-state index contributed by atoms with van der Waals surface area (Å²) in [7, 11) is 0. The lowest BCUT2D eigenvalue weighted by Crippen LogP contribution is -2.55. The Labute approximate surface area is 254 Å². The van der Waals surface area contributed by atoms with Gasteiger partial charge in [0.1, 0.15) is 12.4 Å². The first-order chi connectivity index (χ1) is 21.0. The maximum absolute atomic E-state index is 12.6. The molecule has 2 fully saturated rings. The van der Waals surface area contributed by atoms with Gasteiger partial charge in [0.2, 0.25) is 5.91 Å². The van der Waals surface area contributed by atoms with E-state index in [-0.39, 0.29) is 18.4 Å². The van der Waals surface area contributed by atoms with E-state index in [2.05, 4.69) is 77.6 Å². The van der Waals surface area contributed by atoms with Gasteiger partial charge in [-0.15, -0.1) is 0 Å². The Kier molecular flexibility index (Phi) is 8.48. The molecule has 9 nitrogen and oxygen atoms in total. The predicted octanol–water partition coefficient (Wildman–Crippen LogP) is 4.48. The quantitative estimate of drug-likeness (QED) is 0.361. The number of piperazine rings is 1. The normalized spacial score (nSPS) is 20.6. The highest BCUT2D eigenvalue weighted by Gasteiger charge is 2.34. The van der Waals surface area contributed by atoms with Crippen LogP contribution in [0.2, 0.25) is 0 Å². The molecule has 224 valence electrons. The molecule has 1 aromatic heterocycles. The fraction of sp³-hybridized carbons (Fsp3) is 0.471. The Morgan fingerprint density at radius 3 is 2.74 bits per heavy atom. The van der Waals surface area contributed by atoms with Gasteiger partial charge in [-0.25, -0.2) is 0 Å². The second kappa shape index (κ2) is 12.6. The number of carbonyl (C=O) groups is 1. The van der Waals surface area contributed by atoms with Gasteiger partial charge in [0, 0.05) is 48.9 Å². The second-order valence-corrected chi connectivity index (χ2v) is 11.8. The fourth-order valence-electron chi connectivity index (χ4n) is 7.10. The minimum atomic E-state index is -0.227. The van der Waals surface area contributed by atoms with Crippen LogP contribution >= 0.6 is 0 Å². The molecule has 43 heavy (non-hydrogen) atoms. The molecule has 4 heterocycles. The zero-order chi connectivity index (χ0) is 29.9. The molecule has 3 aliphatic rings. The van der Waals surface area contributed by atoms with Crippen LogP contribution in [0.1, 0.15) is 43.0 Å². The summed E-state index contributed by atoms with van der Waals surface area (Å²) < 4.78 is 6.36. The number of anilines is 2. The predicted molar refractivity (Wildman–Crippen MR) is 169 cm³/mol. The van der Waals surface area contributed by atoms with Gasteiger partial charge < -0.3 is 19.4 Å². The van der Waals surface area contributed by atoms with Crippen LogP contribution in [-0.4, -0.2) is 83.6 Å². The van der Waals surface area contributed by atoms with Crippen molar-refractivity contribution < 1.29 is 9.53 Å². The molecular weight excluding hydrogens is 538 g/mol. The maximum Gasteiger partial charge on any atom is 0.318 e. The number of likely N-dealkylation sites (tertiary alicyclic amines) is 1. The van der Waals surface area contributed by atoms with Crippen molar-refractivity contribution >= 4 is 28.2 Å². The molecule has 2 aromatic carbocycles. The van der Waals surface area contributed by atoms with Crippen molar-refractivity contribution in [1.82, 2.24) is 19.8 Å². The zero-order valence-electron chi connectivity index (χ0n) is 25.3. The first-order valence-electron chi connectivity index (χ1n) is 15.6. The van der Waals surface area contributed by atoms with Crippen molar-refractivity contribution in [3.8, 4) is 12.1 Å². The number of fused-ring (bicyclic) bond motifs is 2. The van der Waals surface area contributed by atoms with Crippen molar-refractivity contribution in [2.75, 3.05) is 55.7 Å². The van der Waals surface area contributed by atoms with Crippen LogP contribution in [0.4, 0.5) is 11.5 Å². The first-order valence-corrected chi connectivity index (χ1v) is 15.6. The smallest absolute Gasteiger partial charge is 0.318 e. The van der Waals surface area contributed by atoms with Crippen molar-refractivity contribution in [3.63, 3.8) is 0 Å². The van der Waals surface area contributed by atoms with Gasteiger partial charge >= 0.3 is 6.01 Å². The molecule has 0 unspecified atom stereocenters. The number of hydrogen-bond acceptors (Lipinski definition) is 8. The van der Waals surface area contributed by atoms with Gasteiger partial charge in [-0.3, -0.25) is 9.69 Å². The SMILES string of the molecule is C=CC(=O)N1CCN(c2nc(OC[C@@H]3CCCN3CC)nc3c2CCN(c2cccc4cccc(C)c24)C3)C[C@@H]1CC#N. The number of nitrogens with zero attached hydrogens (tertiary/aromatic N) is 7. The number of likely N-dealkylation sites (N-methyl/N-ethyl adjacent to an activating group) is 1. The number of hydrogen-bond donors (Lipinski definition) is 0. The lowest BCUT2D eigenvalue weighted by Gasteiger charge is -2.42. The lowest BCUT2D eigenvalue weighted by molar-refractivity contribution is -0.128. The Hall–Kier alpha value is -4.16. The number of aryl methyl sites for hydroxylation is 1. The van der Waals surface area contributed by atoms with Gasteiger partial charge in [0.05, 0.1) is 30.8 Å². The summed E-state index contributed by atoms with van der Waals surface area (Å²) in [6.45, 7) is 13.9. The van der Waals surface area contributed by atoms with Crippen LogP contribution in [0, 0.1) is 18.3 Å². The lowest BCUT2D eigenvalue weighted by atomic mass is 9.99. The highest BCUT2D eigenvalue weighted by Crippen LogP contribution is 2.36. The first kappa shape index (κ1) is 28.9. The molecule has 9 heteroatoms. The highest BCUT2D eigenvalue weighted by atomic mass is 16.5. The molecule has 1 amide bonds. The van der Waals surface area contributed by atoms with Gasteiger partial charge in [-0.2, -0.15) is 15.2 Å². The van der Waals surface area contributed by atoms with Crippen LogP contribution in [-0.2, 0) is 17.8 Å². The van der Waals surface area contributed by atoms with E-state index in [1.807, 2.05) is 0 Å². The van der Waals surface area contributed by atoms with Crippen LogP contribution in [0.25, 0.3) is 10.8 Å². The Morgan fingerprint density at radius 1 is 1.12 bits per heavy atom. The summed E-state index contributed by atoms with van der Waals surface area (Å²) in [5.74, 6) is 0.743. The van der Waals surface area contributed by atoms with Crippen LogP contribution in [0.15, 0.2) is 49.1 Å². The highest BCUT2D eigenvalue weighted by molar-refractivity contribution is 5.97. The topological polar surface area (TPSA) is 88.8 Å².